The van der Waals surface area contributed by atoms with Crippen LogP contribution in [0.5, 0.6) is 0 Å². The molecule has 0 N–H and O–H groups in total. The fourth-order valence-corrected chi connectivity index (χ4v) is 40.4. The molecule has 0 saturated carbocycles. The average molecular weight is 2310 g/mol. The summed E-state index contributed by atoms with van der Waals surface area (Å²) in [4.78, 5) is 0. The molecule has 34 aliphatic heterocycles. The van der Waals surface area contributed by atoms with Gasteiger partial charge in [0.25, 0.3) is 0 Å². The molecule has 24 bridgehead atoms. The van der Waals surface area contributed by atoms with Crippen molar-refractivity contribution in [1.29, 1.82) is 0 Å². The van der Waals surface area contributed by atoms with Crippen molar-refractivity contribution in [2.75, 3.05) is 355 Å². The van der Waals surface area contributed by atoms with Crippen molar-refractivity contribution >= 4 is 282 Å². The first-order chi connectivity index (χ1) is 65.5. The van der Waals surface area contributed by atoms with E-state index in [1.54, 1.807) is 0 Å². The maximum absolute atomic E-state index is 6.29. The molecule has 0 aromatic carbocycles. The molecule has 34 saturated heterocycles. The summed E-state index contributed by atoms with van der Waals surface area (Å²) in [7, 11) is 0. The van der Waals surface area contributed by atoms with Gasteiger partial charge in [-0.05, 0) is 0 Å². The smallest absolute Gasteiger partial charge is 0.167 e. The van der Waals surface area contributed by atoms with E-state index in [4.69, 9.17) is 114 Å². The highest BCUT2D eigenvalue weighted by Crippen LogP contribution is 2.36. The first-order valence-corrected chi connectivity index (χ1v) is 74.3. The van der Waals surface area contributed by atoms with Crippen molar-refractivity contribution in [1.82, 2.24) is 0 Å². The second-order valence-corrected chi connectivity index (χ2v) is 60.0. The topological polar surface area (TPSA) is 222 Å². The molecule has 34 aliphatic rings. The van der Waals surface area contributed by atoms with Crippen LogP contribution in [0.1, 0.15) is 0 Å². The molecule has 132 heavy (non-hydrogen) atoms. The zero-order valence-corrected chi connectivity index (χ0v) is 95.5. The summed E-state index contributed by atoms with van der Waals surface area (Å²) in [6.07, 6.45) is -3.34. The van der Waals surface area contributed by atoms with Crippen LogP contribution < -0.4 is 0 Å². The highest BCUT2D eigenvalue weighted by molar-refractivity contribution is 8.09. The lowest BCUT2D eigenvalue weighted by molar-refractivity contribution is -0.326. The summed E-state index contributed by atoms with van der Waals surface area (Å²) in [5, 5.41) is 0. The molecule has 24 unspecified atom stereocenters. The van der Waals surface area contributed by atoms with Crippen molar-refractivity contribution in [2.24, 2.45) is 0 Å². The minimum absolute atomic E-state index is 0.0683. The van der Waals surface area contributed by atoms with Gasteiger partial charge in [0, 0.05) is 276 Å². The second kappa shape index (κ2) is 74.4. The molecule has 34 fully saturated rings. The molecule has 24 atom stereocenters. The maximum atomic E-state index is 6.29. The predicted octanol–water partition coefficient (Wildman–Crippen LogP) is 14.5. The molecular formula is C84H144O24S24. The van der Waals surface area contributed by atoms with Crippen LogP contribution in [0.2, 0.25) is 0 Å². The van der Waals surface area contributed by atoms with Gasteiger partial charge in [-0.25, -0.2) is 0 Å². The Balaban J connectivity index is 0.415. The molecule has 768 valence electrons. The number of thioether (sulfide) groups is 24. The lowest BCUT2D eigenvalue weighted by atomic mass is 10.2. The van der Waals surface area contributed by atoms with Crippen molar-refractivity contribution in [3.05, 3.63) is 0 Å². The fraction of sp³-hybridized carbons (Fsp3) is 1.00. The fourth-order valence-electron chi connectivity index (χ4n) is 14.6. The van der Waals surface area contributed by atoms with E-state index in [2.05, 4.69) is 0 Å². The van der Waals surface area contributed by atoms with Gasteiger partial charge in [-0.15, -0.1) is 0 Å². The van der Waals surface area contributed by atoms with Gasteiger partial charge in [0.2, 0.25) is 0 Å². The Hall–Kier alpha value is 7.44. The van der Waals surface area contributed by atoms with Crippen molar-refractivity contribution in [3.8, 4) is 0 Å². The van der Waals surface area contributed by atoms with E-state index in [1.807, 2.05) is 282 Å². The van der Waals surface area contributed by atoms with Crippen LogP contribution in [-0.2, 0) is 114 Å². The van der Waals surface area contributed by atoms with E-state index in [-0.39, 0.29) is 149 Å². The van der Waals surface area contributed by atoms with Crippen LogP contribution in [0.25, 0.3) is 0 Å². The van der Waals surface area contributed by atoms with E-state index in [9.17, 15) is 0 Å². The van der Waals surface area contributed by atoms with Gasteiger partial charge in [0.05, 0.1) is 79.3 Å². The number of ether oxygens (including phenoxy) is 24. The first-order valence-electron chi connectivity index (χ1n) is 46.6. The molecule has 0 aromatic rings. The summed E-state index contributed by atoms with van der Waals surface area (Å²) >= 11 is 47.3. The Bertz CT molecular complexity index is 2220. The predicted molar refractivity (Wildman–Crippen MR) is 591 cm³/mol. The monoisotopic (exact) mass is 2300 g/mol. The number of hydrogen-bond donors (Lipinski definition) is 0. The molecule has 0 radical (unpaired) electrons. The summed E-state index contributed by atoms with van der Waals surface area (Å²) in [6.45, 7) is 6.75. The maximum Gasteiger partial charge on any atom is 0.167 e. The number of rotatable bonds is 0. The van der Waals surface area contributed by atoms with Crippen LogP contribution in [0.4, 0.5) is 0 Å². The summed E-state index contributed by atoms with van der Waals surface area (Å²) in [5.41, 5.74) is 0. The Morgan fingerprint density at radius 3 is 0.235 bits per heavy atom. The third kappa shape index (κ3) is 48.6. The molecule has 48 heteroatoms. The van der Waals surface area contributed by atoms with Crippen LogP contribution in [-0.4, -0.2) is 504 Å². The van der Waals surface area contributed by atoms with Crippen LogP contribution in [0, 0.1) is 0 Å². The molecule has 0 aliphatic carbocycles. The molecule has 0 amide bonds. The van der Waals surface area contributed by atoms with Crippen LogP contribution in [0.15, 0.2) is 0 Å². The highest BCUT2D eigenvalue weighted by Gasteiger charge is 2.45. The van der Waals surface area contributed by atoms with Crippen LogP contribution >= 0.6 is 282 Å². The zero-order valence-electron chi connectivity index (χ0n) is 75.9. The zero-order chi connectivity index (χ0) is 90.2. The molecule has 34 heterocycles. The van der Waals surface area contributed by atoms with Gasteiger partial charge in [0.1, 0.15) is 73.2 Å². The largest absolute Gasteiger partial charge is 0.349 e. The summed E-state index contributed by atoms with van der Waals surface area (Å²) in [6, 6.07) is 0. The summed E-state index contributed by atoms with van der Waals surface area (Å²) in [5.74, 6) is 50.4. The first kappa shape index (κ1) is 117. The van der Waals surface area contributed by atoms with Crippen LogP contribution in [0.3, 0.4) is 0 Å². The Kier molecular flexibility index (Phi) is 65.7. The van der Waals surface area contributed by atoms with E-state index < -0.39 is 0 Å². The Morgan fingerprint density at radius 2 is 0.159 bits per heavy atom. The van der Waals surface area contributed by atoms with Crippen molar-refractivity contribution < 1.29 is 114 Å². The van der Waals surface area contributed by atoms with Gasteiger partial charge in [-0.2, -0.15) is 282 Å². The van der Waals surface area contributed by atoms with E-state index in [0.29, 0.717) is 79.3 Å². The third-order valence-electron chi connectivity index (χ3n) is 21.5. The van der Waals surface area contributed by atoms with E-state index >= 15 is 0 Å². The lowest BCUT2D eigenvalue weighted by Crippen LogP contribution is -2.54. The van der Waals surface area contributed by atoms with Gasteiger partial charge in [-0.3, -0.25) is 0 Å². The second-order valence-electron chi connectivity index (χ2n) is 31.5. The molecule has 0 aromatic heterocycles. The normalized spacial score (nSPS) is 39.3. The molecule has 24 nitrogen and oxygen atoms in total. The van der Waals surface area contributed by atoms with Crippen molar-refractivity contribution in [2.45, 2.75) is 149 Å². The van der Waals surface area contributed by atoms with E-state index in [1.165, 1.54) is 0 Å². The summed E-state index contributed by atoms with van der Waals surface area (Å²) < 4.78 is 149. The van der Waals surface area contributed by atoms with Gasteiger partial charge in [-0.1, -0.05) is 0 Å². The minimum Gasteiger partial charge on any atom is -0.349 e. The Morgan fingerprint density at radius 1 is 0.0909 bits per heavy atom. The third-order valence-corrected chi connectivity index (χ3v) is 50.0. The Labute approximate surface area is 890 Å². The number of hydrogen-bond acceptors (Lipinski definition) is 48. The average Bonchev–Trinajstić information content (AvgIpc) is 0.857. The quantitative estimate of drug-likeness (QED) is 0.220. The van der Waals surface area contributed by atoms with Gasteiger partial charge in [0.15, 0.2) is 75.5 Å². The molecule has 34 rings (SSSR count). The van der Waals surface area contributed by atoms with Gasteiger partial charge < -0.3 is 114 Å². The molecular weight excluding hydrogens is 2160 g/mol. The highest BCUT2D eigenvalue weighted by atomic mass is 32.2. The standard InChI is InChI=1S/C84H144O24S24/c1-2-110-14-26-122-50-74-86-39-64-63(98-74)40-88-76(100-64)52-124-28-16-112-5-6-114-18-30-126-54-78-90-43-68-67(102-78)44-92-80(104-68)56-128-32-20-116-9-10-118-22-34-130-58-82-94-47-72-71(106-82)48-96-84(108-72)60-132-36-24-120-12-11-119-23-35-131-59-83-95-46-69-70(107-83)45-93-81(105-69)57-129-33-21-117-8-7-115-19-31-127-55-79-91-42-65-66(103-79)41-89-77(101-65)53-125-29-17-113-4-3-111-15-27-123-51-75-87-38-61-62(99-75)37-85-73(97-61)49-121-25-13-109-1/h61-84H,1-60H2. The SMILES string of the molecule is C1CSCCSCC2OCC3OC(CSCCSCCSCCSCC4OCC5OC(CSCCSCCSCCSCC6OCC7OC(CSCCSCCSCCSCC8OCC9OC(CSCCSCCSCCSCC%10OCC%11OC(CSCCSCCSCCSCC%12OCC%13OC(CSCCS1)OCC%13O%12)OCC%11O%10)OCC9O8)OCC7O6)OCC5O4)OCC3O2. The van der Waals surface area contributed by atoms with Gasteiger partial charge >= 0.3 is 0 Å². The minimum atomic E-state index is -0.210. The molecule has 0 spiro atoms. The van der Waals surface area contributed by atoms with E-state index in [0.717, 1.165) is 276 Å². The lowest BCUT2D eigenvalue weighted by Gasteiger charge is -2.41. The van der Waals surface area contributed by atoms with Crippen molar-refractivity contribution in [3.63, 3.8) is 0 Å².